The van der Waals surface area contributed by atoms with Crippen molar-refractivity contribution >= 4 is 35.6 Å². The minimum Gasteiger partial charge on any atom is -0.325 e. The van der Waals surface area contributed by atoms with Gasteiger partial charge in [0.25, 0.3) is 5.91 Å². The number of hydrogen-bond donors (Lipinski definition) is 3. The van der Waals surface area contributed by atoms with Crippen molar-refractivity contribution < 1.29 is 22.8 Å². The largest absolute Gasteiger partial charge is 0.416 e. The molecule has 1 aliphatic heterocycles. The molecule has 0 bridgehead atoms. The summed E-state index contributed by atoms with van der Waals surface area (Å²) in [5, 5.41) is 8.28. The molecule has 0 spiro atoms. The third kappa shape index (κ3) is 5.24. The fourth-order valence-corrected chi connectivity index (χ4v) is 2.88. The quantitative estimate of drug-likeness (QED) is 0.711. The van der Waals surface area contributed by atoms with Crippen LogP contribution in [0.25, 0.3) is 0 Å². The Morgan fingerprint density at radius 2 is 1.79 bits per heavy atom. The molecule has 2 amide bonds. The Hall–Kier alpha value is -2.58. The Morgan fingerprint density at radius 1 is 1.04 bits per heavy atom. The van der Waals surface area contributed by atoms with Crippen molar-refractivity contribution in [2.24, 2.45) is 5.92 Å². The van der Waals surface area contributed by atoms with E-state index in [0.717, 1.165) is 18.7 Å². The number of nitrogens with one attached hydrogen (secondary N) is 3. The second kappa shape index (κ2) is 9.07. The van der Waals surface area contributed by atoms with E-state index in [-0.39, 0.29) is 35.5 Å². The van der Waals surface area contributed by atoms with Crippen molar-refractivity contribution in [1.29, 1.82) is 0 Å². The zero-order valence-corrected chi connectivity index (χ0v) is 15.5. The lowest BCUT2D eigenvalue weighted by Gasteiger charge is -2.14. The molecule has 2 aromatic rings. The van der Waals surface area contributed by atoms with Crippen molar-refractivity contribution in [3.05, 3.63) is 59.7 Å². The van der Waals surface area contributed by atoms with E-state index in [1.807, 2.05) is 0 Å². The topological polar surface area (TPSA) is 70.2 Å². The van der Waals surface area contributed by atoms with E-state index in [9.17, 15) is 22.8 Å². The predicted molar refractivity (Wildman–Crippen MR) is 103 cm³/mol. The number of carbonyl (C=O) groups is 2. The van der Waals surface area contributed by atoms with Crippen molar-refractivity contribution in [2.75, 3.05) is 23.7 Å². The monoisotopic (exact) mass is 413 g/mol. The Kier molecular flexibility index (Phi) is 7.04. The maximum absolute atomic E-state index is 12.8. The van der Waals surface area contributed by atoms with Gasteiger partial charge in [-0.15, -0.1) is 12.4 Å². The van der Waals surface area contributed by atoms with E-state index in [2.05, 4.69) is 16.0 Å². The minimum absolute atomic E-state index is 0. The number of alkyl halides is 3. The van der Waals surface area contributed by atoms with Gasteiger partial charge in [0.2, 0.25) is 5.91 Å². The lowest BCUT2D eigenvalue weighted by Crippen LogP contribution is -2.26. The molecule has 28 heavy (non-hydrogen) atoms. The van der Waals surface area contributed by atoms with Gasteiger partial charge in [-0.2, -0.15) is 13.2 Å². The summed E-state index contributed by atoms with van der Waals surface area (Å²) >= 11 is 0. The van der Waals surface area contributed by atoms with Gasteiger partial charge in [-0.05, 0) is 43.3 Å². The maximum atomic E-state index is 12.8. The van der Waals surface area contributed by atoms with Crippen LogP contribution in [0.2, 0.25) is 0 Å². The van der Waals surface area contributed by atoms with Gasteiger partial charge in [-0.1, -0.05) is 18.2 Å². The van der Waals surface area contributed by atoms with E-state index < -0.39 is 17.6 Å². The zero-order chi connectivity index (χ0) is 19.4. The van der Waals surface area contributed by atoms with E-state index in [4.69, 9.17) is 0 Å². The molecule has 0 aromatic heterocycles. The van der Waals surface area contributed by atoms with Crippen LogP contribution in [-0.2, 0) is 11.0 Å². The van der Waals surface area contributed by atoms with Gasteiger partial charge in [-0.3, -0.25) is 9.59 Å². The van der Waals surface area contributed by atoms with Gasteiger partial charge in [0.1, 0.15) is 0 Å². The van der Waals surface area contributed by atoms with Gasteiger partial charge >= 0.3 is 6.18 Å². The molecule has 0 radical (unpaired) electrons. The third-order valence-electron chi connectivity index (χ3n) is 4.31. The van der Waals surface area contributed by atoms with Crippen LogP contribution in [-0.4, -0.2) is 24.9 Å². The Labute approximate surface area is 166 Å². The fraction of sp³-hybridized carbons (Fsp3) is 0.263. The summed E-state index contributed by atoms with van der Waals surface area (Å²) in [5.41, 5.74) is -0.334. The number of hydrogen-bond acceptors (Lipinski definition) is 3. The minimum atomic E-state index is -4.50. The Bertz CT molecular complexity index is 852. The molecule has 5 nitrogen and oxygen atoms in total. The van der Waals surface area contributed by atoms with Crippen LogP contribution >= 0.6 is 12.4 Å². The van der Waals surface area contributed by atoms with Crippen LogP contribution in [0, 0.1) is 5.92 Å². The molecule has 150 valence electrons. The summed E-state index contributed by atoms with van der Waals surface area (Å²) in [6.07, 6.45) is -3.79. The number of amides is 2. The summed E-state index contributed by atoms with van der Waals surface area (Å²) < 4.78 is 38.5. The summed E-state index contributed by atoms with van der Waals surface area (Å²) in [7, 11) is 0. The summed E-state index contributed by atoms with van der Waals surface area (Å²) in [6, 6.07) is 10.8. The second-order valence-electron chi connectivity index (χ2n) is 6.26. The molecule has 1 saturated heterocycles. The smallest absolute Gasteiger partial charge is 0.325 e. The van der Waals surface area contributed by atoms with Gasteiger partial charge in [-0.25, -0.2) is 0 Å². The molecule has 3 rings (SSSR count). The van der Waals surface area contributed by atoms with Crippen LogP contribution in [0.5, 0.6) is 0 Å². The maximum Gasteiger partial charge on any atom is 0.416 e. The molecule has 9 heteroatoms. The second-order valence-corrected chi connectivity index (χ2v) is 6.26. The molecule has 0 aliphatic carbocycles. The number of benzene rings is 2. The standard InChI is InChI=1S/C19H18F3N3O2.ClH/c20-19(21,22)13-4-3-5-14(10-13)24-18(27)15-6-1-2-7-16(15)25-17(26)12-8-9-23-11-12;/h1-7,10,12,23H,8-9,11H2,(H,24,27)(H,25,26);1H. The van der Waals surface area contributed by atoms with Crippen LogP contribution in [0.15, 0.2) is 48.5 Å². The lowest BCUT2D eigenvalue weighted by atomic mass is 10.1. The van der Waals surface area contributed by atoms with Crippen molar-refractivity contribution in [1.82, 2.24) is 5.32 Å². The molecule has 1 aliphatic rings. The summed E-state index contributed by atoms with van der Waals surface area (Å²) in [6.45, 7) is 1.33. The molecule has 1 heterocycles. The molecular weight excluding hydrogens is 395 g/mol. The number of carbonyl (C=O) groups excluding carboxylic acids is 2. The molecular formula is C19H19ClF3N3O2. The average molecular weight is 414 g/mol. The van der Waals surface area contributed by atoms with Gasteiger partial charge in [0, 0.05) is 12.2 Å². The molecule has 1 fully saturated rings. The van der Waals surface area contributed by atoms with Crippen molar-refractivity contribution in [3.63, 3.8) is 0 Å². The van der Waals surface area contributed by atoms with Crippen LogP contribution in [0.3, 0.4) is 0 Å². The van der Waals surface area contributed by atoms with Gasteiger partial charge < -0.3 is 16.0 Å². The zero-order valence-electron chi connectivity index (χ0n) is 14.7. The Balaban J connectivity index is 0.00000280. The van der Waals surface area contributed by atoms with Gasteiger partial charge in [0.15, 0.2) is 0 Å². The number of anilines is 2. The van der Waals surface area contributed by atoms with Crippen LogP contribution in [0.1, 0.15) is 22.3 Å². The molecule has 1 atom stereocenters. The van der Waals surface area contributed by atoms with Crippen molar-refractivity contribution in [3.8, 4) is 0 Å². The number of rotatable bonds is 4. The van der Waals surface area contributed by atoms with Crippen LogP contribution in [0.4, 0.5) is 24.5 Å². The van der Waals surface area contributed by atoms with E-state index >= 15 is 0 Å². The summed E-state index contributed by atoms with van der Waals surface area (Å²) in [4.78, 5) is 24.8. The average Bonchev–Trinajstić information content (AvgIpc) is 3.16. The highest BCUT2D eigenvalue weighted by Crippen LogP contribution is 2.31. The van der Waals surface area contributed by atoms with E-state index in [1.165, 1.54) is 18.2 Å². The van der Waals surface area contributed by atoms with Crippen LogP contribution < -0.4 is 16.0 Å². The van der Waals surface area contributed by atoms with Crippen molar-refractivity contribution in [2.45, 2.75) is 12.6 Å². The number of halogens is 4. The highest BCUT2D eigenvalue weighted by atomic mass is 35.5. The first-order chi connectivity index (χ1) is 12.8. The SMILES string of the molecule is Cl.O=C(Nc1cccc(C(F)(F)F)c1)c1ccccc1NC(=O)C1CCNC1. The molecule has 2 aromatic carbocycles. The highest BCUT2D eigenvalue weighted by molar-refractivity contribution is 6.10. The molecule has 1 unspecified atom stereocenters. The molecule has 3 N–H and O–H groups in total. The first-order valence-corrected chi connectivity index (χ1v) is 8.44. The van der Waals surface area contributed by atoms with E-state index in [1.54, 1.807) is 18.2 Å². The summed E-state index contributed by atoms with van der Waals surface area (Å²) in [5.74, 6) is -0.973. The van der Waals surface area contributed by atoms with E-state index in [0.29, 0.717) is 18.7 Å². The normalized spacial score (nSPS) is 16.2. The third-order valence-corrected chi connectivity index (χ3v) is 4.31. The first kappa shape index (κ1) is 21.7. The Morgan fingerprint density at radius 3 is 2.46 bits per heavy atom. The number of para-hydroxylation sites is 1. The fourth-order valence-electron chi connectivity index (χ4n) is 2.88. The predicted octanol–water partition coefficient (Wildman–Crippen LogP) is 3.93. The lowest BCUT2D eigenvalue weighted by molar-refractivity contribution is -0.137. The highest BCUT2D eigenvalue weighted by Gasteiger charge is 2.30. The first-order valence-electron chi connectivity index (χ1n) is 8.44. The molecule has 0 saturated carbocycles. The van der Waals surface area contributed by atoms with Gasteiger partial charge in [0.05, 0.1) is 22.7 Å².